The number of halogens is 2. The first-order chi connectivity index (χ1) is 14.0. The number of hydrogen-bond acceptors (Lipinski definition) is 5. The van der Waals surface area contributed by atoms with E-state index in [1.807, 2.05) is 23.6 Å². The molecule has 9 heteroatoms. The van der Waals surface area contributed by atoms with Crippen LogP contribution in [-0.4, -0.2) is 32.2 Å². The first kappa shape index (κ1) is 21.2. The Morgan fingerprint density at radius 1 is 1.14 bits per heavy atom. The fourth-order valence-corrected chi connectivity index (χ4v) is 3.80. The van der Waals surface area contributed by atoms with E-state index in [0.717, 1.165) is 4.47 Å². The molecule has 0 unspecified atom stereocenters. The van der Waals surface area contributed by atoms with Crippen molar-refractivity contribution in [2.24, 2.45) is 0 Å². The monoisotopic (exact) mass is 476 g/mol. The van der Waals surface area contributed by atoms with Crippen LogP contribution in [0.25, 0.3) is 0 Å². The van der Waals surface area contributed by atoms with Crippen LogP contribution in [0, 0.1) is 5.82 Å². The van der Waals surface area contributed by atoms with Crippen LogP contribution < -0.4 is 5.32 Å². The van der Waals surface area contributed by atoms with E-state index in [9.17, 15) is 14.0 Å². The first-order valence-electron chi connectivity index (χ1n) is 8.86. The summed E-state index contributed by atoms with van der Waals surface area (Å²) in [4.78, 5) is 24.5. The van der Waals surface area contributed by atoms with E-state index in [1.165, 1.54) is 30.0 Å². The highest BCUT2D eigenvalue weighted by atomic mass is 79.9. The average Bonchev–Trinajstić information content (AvgIpc) is 3.13. The maximum atomic E-state index is 13.7. The summed E-state index contributed by atoms with van der Waals surface area (Å²) >= 11 is 4.63. The second-order valence-corrected chi connectivity index (χ2v) is 7.88. The van der Waals surface area contributed by atoms with Crippen LogP contribution in [0.3, 0.4) is 0 Å². The third-order valence-corrected chi connectivity index (χ3v) is 5.63. The standard InChI is InChI=1S/C20H18BrFN4O2S/c1-2-26-18(11-23-19(28)15-5-3-4-6-16(15)22)24-25-20(26)29-12-17(27)13-7-9-14(21)10-8-13/h3-10H,2,11-12H2,1H3,(H,23,28). The molecule has 150 valence electrons. The van der Waals surface area contributed by atoms with Gasteiger partial charge in [0.15, 0.2) is 16.8 Å². The van der Waals surface area contributed by atoms with Crippen LogP contribution in [0.1, 0.15) is 33.5 Å². The molecular weight excluding hydrogens is 459 g/mol. The van der Waals surface area contributed by atoms with Gasteiger partial charge in [0.25, 0.3) is 5.91 Å². The first-order valence-corrected chi connectivity index (χ1v) is 10.6. The summed E-state index contributed by atoms with van der Waals surface area (Å²) in [5, 5.41) is 11.5. The molecule has 29 heavy (non-hydrogen) atoms. The highest BCUT2D eigenvalue weighted by Gasteiger charge is 2.16. The van der Waals surface area contributed by atoms with Gasteiger partial charge in [-0.15, -0.1) is 10.2 Å². The Bertz CT molecular complexity index is 1020. The van der Waals surface area contributed by atoms with Crippen LogP contribution in [0.5, 0.6) is 0 Å². The largest absolute Gasteiger partial charge is 0.345 e. The molecule has 0 bridgehead atoms. The molecule has 0 atom stereocenters. The molecule has 0 fully saturated rings. The van der Waals surface area contributed by atoms with Gasteiger partial charge in [-0.25, -0.2) is 4.39 Å². The maximum Gasteiger partial charge on any atom is 0.254 e. The van der Waals surface area contributed by atoms with Gasteiger partial charge in [-0.05, 0) is 31.2 Å². The Morgan fingerprint density at radius 3 is 2.55 bits per heavy atom. The second-order valence-electron chi connectivity index (χ2n) is 6.02. The van der Waals surface area contributed by atoms with E-state index in [1.54, 1.807) is 18.2 Å². The number of Topliss-reactive ketones (excluding diaryl/α,β-unsaturated/α-hetero) is 1. The summed E-state index contributed by atoms with van der Waals surface area (Å²) in [5.41, 5.74) is 0.602. The summed E-state index contributed by atoms with van der Waals surface area (Å²) in [6, 6.07) is 13.0. The van der Waals surface area contributed by atoms with Gasteiger partial charge in [-0.2, -0.15) is 0 Å². The molecule has 3 rings (SSSR count). The molecule has 0 saturated carbocycles. The number of amides is 1. The molecular formula is C20H18BrFN4O2S. The molecule has 1 aromatic heterocycles. The van der Waals surface area contributed by atoms with Gasteiger partial charge in [0, 0.05) is 16.6 Å². The Morgan fingerprint density at radius 2 is 1.86 bits per heavy atom. The van der Waals surface area contributed by atoms with Crippen LogP contribution in [0.2, 0.25) is 0 Å². The minimum absolute atomic E-state index is 0.0115. The van der Waals surface area contributed by atoms with Gasteiger partial charge in [0.2, 0.25) is 0 Å². The normalized spacial score (nSPS) is 10.7. The smallest absolute Gasteiger partial charge is 0.254 e. The van der Waals surface area contributed by atoms with Gasteiger partial charge < -0.3 is 9.88 Å². The summed E-state index contributed by atoms with van der Waals surface area (Å²) in [7, 11) is 0. The number of nitrogens with zero attached hydrogens (tertiary/aromatic N) is 3. The SMILES string of the molecule is CCn1c(CNC(=O)c2ccccc2F)nnc1SCC(=O)c1ccc(Br)cc1. The highest BCUT2D eigenvalue weighted by Crippen LogP contribution is 2.20. The number of rotatable bonds is 8. The molecule has 0 spiro atoms. The molecule has 2 aromatic carbocycles. The van der Waals surface area contributed by atoms with Gasteiger partial charge in [-0.1, -0.05) is 52.0 Å². The third kappa shape index (κ3) is 5.30. The molecule has 0 aliphatic carbocycles. The van der Waals surface area contributed by atoms with Crippen molar-refractivity contribution >= 4 is 39.4 Å². The van der Waals surface area contributed by atoms with Crippen molar-refractivity contribution in [2.75, 3.05) is 5.75 Å². The van der Waals surface area contributed by atoms with E-state index >= 15 is 0 Å². The molecule has 0 saturated heterocycles. The molecule has 0 aliphatic heterocycles. The summed E-state index contributed by atoms with van der Waals surface area (Å²) in [6.45, 7) is 2.61. The second kappa shape index (κ2) is 9.80. The lowest BCUT2D eigenvalue weighted by Gasteiger charge is -2.09. The van der Waals surface area contributed by atoms with Crippen molar-refractivity contribution < 1.29 is 14.0 Å². The summed E-state index contributed by atoms with van der Waals surface area (Å²) in [6.07, 6.45) is 0. The number of carbonyl (C=O) groups is 2. The minimum atomic E-state index is -0.579. The molecule has 3 aromatic rings. The van der Waals surface area contributed by atoms with E-state index in [0.29, 0.717) is 23.1 Å². The average molecular weight is 477 g/mol. The molecule has 1 amide bonds. The van der Waals surface area contributed by atoms with E-state index in [2.05, 4.69) is 31.4 Å². The van der Waals surface area contributed by atoms with Gasteiger partial charge in [0.05, 0.1) is 17.9 Å². The fraction of sp³-hybridized carbons (Fsp3) is 0.200. The predicted octanol–water partition coefficient (Wildman–Crippen LogP) is 4.10. The topological polar surface area (TPSA) is 76.9 Å². The van der Waals surface area contributed by atoms with Crippen molar-refractivity contribution in [3.8, 4) is 0 Å². The van der Waals surface area contributed by atoms with E-state index in [4.69, 9.17) is 0 Å². The lowest BCUT2D eigenvalue weighted by molar-refractivity contribution is 0.0944. The number of aromatic nitrogens is 3. The van der Waals surface area contributed by atoms with Crippen LogP contribution in [-0.2, 0) is 13.1 Å². The van der Waals surface area contributed by atoms with Gasteiger partial charge in [-0.3, -0.25) is 9.59 Å². The zero-order valence-corrected chi connectivity index (χ0v) is 18.0. The number of thioether (sulfide) groups is 1. The molecule has 0 aliphatic rings. The summed E-state index contributed by atoms with van der Waals surface area (Å²) in [5.74, 6) is -0.349. The Hall–Kier alpha value is -2.52. The lowest BCUT2D eigenvalue weighted by atomic mass is 10.2. The molecule has 1 N–H and O–H groups in total. The minimum Gasteiger partial charge on any atom is -0.345 e. The van der Waals surface area contributed by atoms with Crippen molar-refractivity contribution in [3.05, 3.63) is 75.8 Å². The quantitative estimate of drug-likeness (QED) is 0.391. The van der Waals surface area contributed by atoms with Crippen molar-refractivity contribution in [3.63, 3.8) is 0 Å². The van der Waals surface area contributed by atoms with Crippen LogP contribution >= 0.6 is 27.7 Å². The summed E-state index contributed by atoms with van der Waals surface area (Å²) < 4.78 is 16.5. The number of ketones is 1. The zero-order chi connectivity index (χ0) is 20.8. The Kier molecular flexibility index (Phi) is 7.16. The van der Waals surface area contributed by atoms with Crippen LogP contribution in [0.15, 0.2) is 58.2 Å². The number of carbonyl (C=O) groups excluding carboxylic acids is 2. The van der Waals surface area contributed by atoms with Crippen molar-refractivity contribution in [1.82, 2.24) is 20.1 Å². The Balaban J connectivity index is 1.62. The van der Waals surface area contributed by atoms with Crippen LogP contribution in [0.4, 0.5) is 4.39 Å². The zero-order valence-electron chi connectivity index (χ0n) is 15.6. The van der Waals surface area contributed by atoms with Gasteiger partial charge in [0.1, 0.15) is 5.82 Å². The van der Waals surface area contributed by atoms with E-state index < -0.39 is 11.7 Å². The molecule has 0 radical (unpaired) electrons. The lowest BCUT2D eigenvalue weighted by Crippen LogP contribution is -2.25. The van der Waals surface area contributed by atoms with Crippen molar-refractivity contribution in [1.29, 1.82) is 0 Å². The third-order valence-electron chi connectivity index (χ3n) is 4.13. The Labute approximate surface area is 180 Å². The maximum absolute atomic E-state index is 13.7. The number of hydrogen-bond donors (Lipinski definition) is 1. The number of benzene rings is 2. The highest BCUT2D eigenvalue weighted by molar-refractivity contribution is 9.10. The molecule has 6 nitrogen and oxygen atoms in total. The predicted molar refractivity (Wildman–Crippen MR) is 112 cm³/mol. The van der Waals surface area contributed by atoms with E-state index in [-0.39, 0.29) is 23.6 Å². The number of nitrogens with one attached hydrogen (secondary N) is 1. The van der Waals surface area contributed by atoms with Crippen molar-refractivity contribution in [2.45, 2.75) is 25.2 Å². The van der Waals surface area contributed by atoms with Gasteiger partial charge >= 0.3 is 0 Å². The molecule has 1 heterocycles. The fourth-order valence-electron chi connectivity index (χ4n) is 2.62.